The number of carbonyl (C=O) groups is 1. The monoisotopic (exact) mass is 261 g/mol. The lowest BCUT2D eigenvalue weighted by Crippen LogP contribution is -2.52. The molecule has 1 heterocycles. The molecule has 3 heteroatoms. The second kappa shape index (κ2) is 5.74. The molecule has 1 saturated heterocycles. The number of hydrogen-bond acceptors (Lipinski definition) is 2. The summed E-state index contributed by atoms with van der Waals surface area (Å²) in [6.07, 6.45) is 1.40. The lowest BCUT2D eigenvalue weighted by atomic mass is 9.80. The summed E-state index contributed by atoms with van der Waals surface area (Å²) in [5, 5.41) is 9.45. The molecule has 1 N–H and O–H groups in total. The molecule has 0 saturated carbocycles. The predicted octanol–water partition coefficient (Wildman–Crippen LogP) is 2.98. The van der Waals surface area contributed by atoms with Crippen LogP contribution in [0.1, 0.15) is 38.2 Å². The SMILES string of the molecule is CCC(CC)(CN1CC(c2ccccc2)C1)C(=O)O. The molecule has 0 amide bonds. The third kappa shape index (κ3) is 2.81. The molecular formula is C16H23NO2. The van der Waals surface area contributed by atoms with Gasteiger partial charge >= 0.3 is 5.97 Å². The van der Waals surface area contributed by atoms with Crippen LogP contribution in [0.15, 0.2) is 30.3 Å². The van der Waals surface area contributed by atoms with Gasteiger partial charge in [-0.25, -0.2) is 0 Å². The Morgan fingerprint density at radius 3 is 2.32 bits per heavy atom. The molecular weight excluding hydrogens is 238 g/mol. The zero-order valence-corrected chi connectivity index (χ0v) is 11.8. The van der Waals surface area contributed by atoms with Gasteiger partial charge in [0.1, 0.15) is 0 Å². The van der Waals surface area contributed by atoms with Crippen molar-refractivity contribution in [2.24, 2.45) is 5.41 Å². The number of benzene rings is 1. The zero-order chi connectivity index (χ0) is 13.9. The first-order valence-electron chi connectivity index (χ1n) is 7.12. The van der Waals surface area contributed by atoms with Gasteiger partial charge in [-0.2, -0.15) is 0 Å². The topological polar surface area (TPSA) is 40.5 Å². The van der Waals surface area contributed by atoms with Crippen LogP contribution in [-0.4, -0.2) is 35.6 Å². The fourth-order valence-electron chi connectivity index (χ4n) is 2.91. The Bertz CT molecular complexity index is 420. The van der Waals surface area contributed by atoms with Crippen LogP contribution < -0.4 is 0 Å². The fraction of sp³-hybridized carbons (Fsp3) is 0.562. The van der Waals surface area contributed by atoms with Crippen molar-refractivity contribution in [2.75, 3.05) is 19.6 Å². The van der Waals surface area contributed by atoms with E-state index in [0.29, 0.717) is 25.3 Å². The van der Waals surface area contributed by atoms with E-state index in [2.05, 4.69) is 29.2 Å². The summed E-state index contributed by atoms with van der Waals surface area (Å²) >= 11 is 0. The quantitative estimate of drug-likeness (QED) is 0.856. The molecule has 0 bridgehead atoms. The summed E-state index contributed by atoms with van der Waals surface area (Å²) < 4.78 is 0. The van der Waals surface area contributed by atoms with E-state index in [1.807, 2.05) is 19.9 Å². The third-order valence-electron chi connectivity index (χ3n) is 4.56. The third-order valence-corrected chi connectivity index (χ3v) is 4.56. The summed E-state index contributed by atoms with van der Waals surface area (Å²) in [5.41, 5.74) is 0.800. The van der Waals surface area contributed by atoms with Gasteiger partial charge in [-0.3, -0.25) is 4.79 Å². The highest BCUT2D eigenvalue weighted by Crippen LogP contribution is 2.34. The van der Waals surface area contributed by atoms with Gasteiger partial charge in [-0.15, -0.1) is 0 Å². The minimum atomic E-state index is -0.652. The molecule has 1 fully saturated rings. The second-order valence-electron chi connectivity index (χ2n) is 5.59. The maximum Gasteiger partial charge on any atom is 0.310 e. The van der Waals surface area contributed by atoms with Crippen LogP contribution in [0.5, 0.6) is 0 Å². The van der Waals surface area contributed by atoms with Crippen LogP contribution in [0.4, 0.5) is 0 Å². The maximum atomic E-state index is 11.5. The van der Waals surface area contributed by atoms with Gasteiger partial charge in [0.2, 0.25) is 0 Å². The number of rotatable bonds is 6. The molecule has 104 valence electrons. The molecule has 1 aliphatic heterocycles. The molecule has 3 nitrogen and oxygen atoms in total. The van der Waals surface area contributed by atoms with Gasteiger partial charge in [-0.05, 0) is 18.4 Å². The molecule has 0 radical (unpaired) electrons. The van der Waals surface area contributed by atoms with Crippen LogP contribution in [0.3, 0.4) is 0 Å². The summed E-state index contributed by atoms with van der Waals surface area (Å²) in [4.78, 5) is 13.8. The number of carboxylic acid groups (broad SMARTS) is 1. The number of hydrogen-bond donors (Lipinski definition) is 1. The highest BCUT2D eigenvalue weighted by Gasteiger charge is 2.40. The maximum absolute atomic E-state index is 11.5. The number of carboxylic acids is 1. The Morgan fingerprint density at radius 1 is 1.26 bits per heavy atom. The number of likely N-dealkylation sites (tertiary alicyclic amines) is 1. The minimum Gasteiger partial charge on any atom is -0.481 e. The molecule has 1 aromatic rings. The van der Waals surface area contributed by atoms with Crippen LogP contribution in [0, 0.1) is 5.41 Å². The number of aliphatic carboxylic acids is 1. The summed E-state index contributed by atoms with van der Waals surface area (Å²) in [6.45, 7) is 6.61. The molecule has 0 atom stereocenters. The Balaban J connectivity index is 1.92. The van der Waals surface area contributed by atoms with E-state index < -0.39 is 11.4 Å². The van der Waals surface area contributed by atoms with E-state index >= 15 is 0 Å². The standard InChI is InChI=1S/C16H23NO2/c1-3-16(4-2,15(18)19)12-17-10-14(11-17)13-8-6-5-7-9-13/h5-9,14H,3-4,10-12H2,1-2H3,(H,18,19). The largest absolute Gasteiger partial charge is 0.481 e. The minimum absolute atomic E-state index is 0.568. The van der Waals surface area contributed by atoms with Gasteiger partial charge in [0.15, 0.2) is 0 Å². The lowest BCUT2D eigenvalue weighted by Gasteiger charge is -2.44. The van der Waals surface area contributed by atoms with Gasteiger partial charge in [0, 0.05) is 25.6 Å². The van der Waals surface area contributed by atoms with Crippen molar-refractivity contribution < 1.29 is 9.90 Å². The molecule has 2 rings (SSSR count). The highest BCUT2D eigenvalue weighted by atomic mass is 16.4. The molecule has 19 heavy (non-hydrogen) atoms. The van der Waals surface area contributed by atoms with Gasteiger partial charge in [-0.1, -0.05) is 44.2 Å². The van der Waals surface area contributed by atoms with Crippen LogP contribution in [0.2, 0.25) is 0 Å². The predicted molar refractivity (Wildman–Crippen MR) is 76.3 cm³/mol. The van der Waals surface area contributed by atoms with Crippen LogP contribution in [0.25, 0.3) is 0 Å². The number of nitrogens with zero attached hydrogens (tertiary/aromatic N) is 1. The molecule has 0 spiro atoms. The van der Waals surface area contributed by atoms with E-state index in [4.69, 9.17) is 0 Å². The van der Waals surface area contributed by atoms with E-state index in [9.17, 15) is 9.90 Å². The summed E-state index contributed by atoms with van der Waals surface area (Å²) in [5.74, 6) is -0.0814. The first-order valence-corrected chi connectivity index (χ1v) is 7.12. The first kappa shape index (κ1) is 14.1. The van der Waals surface area contributed by atoms with E-state index in [1.54, 1.807) is 0 Å². The highest BCUT2D eigenvalue weighted by molar-refractivity contribution is 5.74. The van der Waals surface area contributed by atoms with Gasteiger partial charge < -0.3 is 10.0 Å². The van der Waals surface area contributed by atoms with Crippen molar-refractivity contribution in [3.8, 4) is 0 Å². The van der Waals surface area contributed by atoms with Crippen molar-refractivity contribution >= 4 is 5.97 Å². The zero-order valence-electron chi connectivity index (χ0n) is 11.8. The van der Waals surface area contributed by atoms with Gasteiger partial charge in [0.05, 0.1) is 5.41 Å². The van der Waals surface area contributed by atoms with Crippen molar-refractivity contribution in [3.05, 3.63) is 35.9 Å². The van der Waals surface area contributed by atoms with E-state index in [1.165, 1.54) is 5.56 Å². The Labute approximate surface area is 115 Å². The Morgan fingerprint density at radius 2 is 1.84 bits per heavy atom. The molecule has 1 aliphatic rings. The molecule has 0 aliphatic carbocycles. The van der Waals surface area contributed by atoms with E-state index in [-0.39, 0.29) is 0 Å². The molecule has 0 aromatic heterocycles. The van der Waals surface area contributed by atoms with Crippen molar-refractivity contribution in [3.63, 3.8) is 0 Å². The second-order valence-corrected chi connectivity index (χ2v) is 5.59. The Hall–Kier alpha value is -1.35. The summed E-state index contributed by atoms with van der Waals surface area (Å²) in [6, 6.07) is 10.5. The fourth-order valence-corrected chi connectivity index (χ4v) is 2.91. The van der Waals surface area contributed by atoms with Crippen LogP contribution >= 0.6 is 0 Å². The van der Waals surface area contributed by atoms with Gasteiger partial charge in [0.25, 0.3) is 0 Å². The normalized spacial score (nSPS) is 17.2. The lowest BCUT2D eigenvalue weighted by molar-refractivity contribution is -0.151. The van der Waals surface area contributed by atoms with Crippen molar-refractivity contribution in [1.82, 2.24) is 4.90 Å². The molecule has 0 unspecified atom stereocenters. The van der Waals surface area contributed by atoms with Crippen molar-refractivity contribution in [2.45, 2.75) is 32.6 Å². The summed E-state index contributed by atoms with van der Waals surface area (Å²) in [7, 11) is 0. The Kier molecular flexibility index (Phi) is 4.25. The van der Waals surface area contributed by atoms with E-state index in [0.717, 1.165) is 13.1 Å². The van der Waals surface area contributed by atoms with Crippen molar-refractivity contribution in [1.29, 1.82) is 0 Å². The first-order chi connectivity index (χ1) is 9.11. The average molecular weight is 261 g/mol. The smallest absolute Gasteiger partial charge is 0.310 e. The van der Waals surface area contributed by atoms with Crippen LogP contribution in [-0.2, 0) is 4.79 Å². The molecule has 1 aromatic carbocycles. The average Bonchev–Trinajstić information content (AvgIpc) is 2.39.